The molecule has 1 aliphatic carbocycles. The Labute approximate surface area is 95.6 Å². The van der Waals surface area contributed by atoms with Crippen LogP contribution in [0.4, 0.5) is 0 Å². The lowest BCUT2D eigenvalue weighted by Crippen LogP contribution is -2.31. The van der Waals surface area contributed by atoms with Crippen LogP contribution in [0.5, 0.6) is 0 Å². The van der Waals surface area contributed by atoms with E-state index in [4.69, 9.17) is 9.47 Å². The first-order valence-corrected chi connectivity index (χ1v) is 5.58. The highest BCUT2D eigenvalue weighted by Crippen LogP contribution is 2.56. The van der Waals surface area contributed by atoms with Gasteiger partial charge >= 0.3 is 11.9 Å². The number of carbonyl (C=O) groups excluding carboxylic acids is 2. The van der Waals surface area contributed by atoms with Gasteiger partial charge in [-0.15, -0.1) is 6.58 Å². The van der Waals surface area contributed by atoms with Crippen LogP contribution in [-0.4, -0.2) is 25.2 Å². The van der Waals surface area contributed by atoms with Crippen LogP contribution < -0.4 is 0 Å². The highest BCUT2D eigenvalue weighted by Gasteiger charge is 2.67. The third-order valence-electron chi connectivity index (χ3n) is 2.84. The number of esters is 2. The van der Waals surface area contributed by atoms with Gasteiger partial charge in [-0.25, -0.2) is 0 Å². The summed E-state index contributed by atoms with van der Waals surface area (Å²) in [6.07, 6.45) is 2.86. The van der Waals surface area contributed by atoms with Crippen LogP contribution in [0, 0.1) is 11.3 Å². The molecule has 0 aromatic rings. The monoisotopic (exact) mass is 226 g/mol. The first-order chi connectivity index (χ1) is 7.63. The highest BCUT2D eigenvalue weighted by atomic mass is 16.6. The SMILES string of the molecule is C=CCC1CC1(C(=O)OCC)C(=O)OCC. The van der Waals surface area contributed by atoms with Crippen molar-refractivity contribution in [2.24, 2.45) is 11.3 Å². The van der Waals surface area contributed by atoms with Crippen molar-refractivity contribution in [1.29, 1.82) is 0 Å². The van der Waals surface area contributed by atoms with E-state index < -0.39 is 17.4 Å². The molecular weight excluding hydrogens is 208 g/mol. The zero-order valence-electron chi connectivity index (χ0n) is 9.82. The Hall–Kier alpha value is -1.32. The first-order valence-electron chi connectivity index (χ1n) is 5.58. The van der Waals surface area contributed by atoms with Crippen LogP contribution in [0.25, 0.3) is 0 Å². The molecule has 0 bridgehead atoms. The second-order valence-electron chi connectivity index (χ2n) is 3.84. The summed E-state index contributed by atoms with van der Waals surface area (Å²) >= 11 is 0. The normalized spacial score (nSPS) is 21.0. The van der Waals surface area contributed by atoms with Gasteiger partial charge in [-0.1, -0.05) is 6.08 Å². The minimum Gasteiger partial charge on any atom is -0.465 e. The van der Waals surface area contributed by atoms with Crippen LogP contribution in [0.15, 0.2) is 12.7 Å². The standard InChI is InChI=1S/C12H18O4/c1-4-7-9-8-12(9,10(13)15-5-2)11(14)16-6-3/h4,9H,1,5-8H2,2-3H3. The van der Waals surface area contributed by atoms with Gasteiger partial charge in [0.15, 0.2) is 5.41 Å². The average Bonchev–Trinajstić information content (AvgIpc) is 2.95. The molecule has 0 spiro atoms. The minimum absolute atomic E-state index is 0.0110. The molecule has 0 saturated heterocycles. The fourth-order valence-corrected chi connectivity index (χ4v) is 1.92. The van der Waals surface area contributed by atoms with Crippen molar-refractivity contribution in [1.82, 2.24) is 0 Å². The predicted octanol–water partition coefficient (Wildman–Crippen LogP) is 1.70. The average molecular weight is 226 g/mol. The minimum atomic E-state index is -1.06. The smallest absolute Gasteiger partial charge is 0.323 e. The number of rotatable bonds is 6. The molecule has 1 atom stereocenters. The Kier molecular flexibility index (Phi) is 4.10. The van der Waals surface area contributed by atoms with E-state index in [-0.39, 0.29) is 19.1 Å². The van der Waals surface area contributed by atoms with Gasteiger partial charge in [0.2, 0.25) is 0 Å². The molecule has 0 radical (unpaired) electrons. The topological polar surface area (TPSA) is 52.6 Å². The molecule has 0 aromatic carbocycles. The van der Waals surface area contributed by atoms with Crippen molar-refractivity contribution < 1.29 is 19.1 Å². The van der Waals surface area contributed by atoms with Crippen LogP contribution >= 0.6 is 0 Å². The fourth-order valence-electron chi connectivity index (χ4n) is 1.92. The Morgan fingerprint density at radius 3 is 2.19 bits per heavy atom. The summed E-state index contributed by atoms with van der Waals surface area (Å²) in [7, 11) is 0. The van der Waals surface area contributed by atoms with Crippen molar-refractivity contribution in [2.75, 3.05) is 13.2 Å². The van der Waals surface area contributed by atoms with Crippen LogP contribution in [0.2, 0.25) is 0 Å². The molecule has 90 valence electrons. The maximum Gasteiger partial charge on any atom is 0.323 e. The van der Waals surface area contributed by atoms with E-state index in [1.807, 2.05) is 0 Å². The summed E-state index contributed by atoms with van der Waals surface area (Å²) in [4.78, 5) is 23.5. The molecule has 1 unspecified atom stereocenters. The van der Waals surface area contributed by atoms with Crippen LogP contribution in [-0.2, 0) is 19.1 Å². The predicted molar refractivity (Wildman–Crippen MR) is 58.6 cm³/mol. The highest BCUT2D eigenvalue weighted by molar-refractivity contribution is 6.03. The molecule has 0 heterocycles. The van der Waals surface area contributed by atoms with Gasteiger partial charge in [0, 0.05) is 0 Å². The summed E-state index contributed by atoms with van der Waals surface area (Å²) in [5.41, 5.74) is -1.06. The molecule has 1 saturated carbocycles. The summed E-state index contributed by atoms with van der Waals surface area (Å²) in [5.74, 6) is -0.927. The van der Waals surface area contributed by atoms with E-state index in [9.17, 15) is 9.59 Å². The molecule has 0 N–H and O–H groups in total. The van der Waals surface area contributed by atoms with Gasteiger partial charge in [-0.05, 0) is 32.6 Å². The van der Waals surface area contributed by atoms with E-state index >= 15 is 0 Å². The third kappa shape index (κ3) is 2.10. The second-order valence-corrected chi connectivity index (χ2v) is 3.84. The lowest BCUT2D eigenvalue weighted by molar-refractivity contribution is -0.165. The second kappa shape index (κ2) is 5.14. The molecule has 0 aromatic heterocycles. The van der Waals surface area contributed by atoms with Crippen molar-refractivity contribution in [3.05, 3.63) is 12.7 Å². The maximum absolute atomic E-state index is 11.8. The number of allylic oxidation sites excluding steroid dienone is 1. The molecule has 1 aliphatic rings. The maximum atomic E-state index is 11.8. The van der Waals surface area contributed by atoms with Crippen LogP contribution in [0.1, 0.15) is 26.7 Å². The molecular formula is C12H18O4. The number of hydrogen-bond donors (Lipinski definition) is 0. The molecule has 0 aliphatic heterocycles. The van der Waals surface area contributed by atoms with Crippen molar-refractivity contribution >= 4 is 11.9 Å². The molecule has 4 nitrogen and oxygen atoms in total. The first kappa shape index (κ1) is 12.7. The largest absolute Gasteiger partial charge is 0.465 e. The van der Waals surface area contributed by atoms with Crippen molar-refractivity contribution in [2.45, 2.75) is 26.7 Å². The number of ether oxygens (including phenoxy) is 2. The quantitative estimate of drug-likeness (QED) is 0.393. The summed E-state index contributed by atoms with van der Waals surface area (Å²) in [5, 5.41) is 0. The van der Waals surface area contributed by atoms with Gasteiger partial charge in [-0.2, -0.15) is 0 Å². The molecule has 1 fully saturated rings. The summed E-state index contributed by atoms with van der Waals surface area (Å²) in [6.45, 7) is 7.62. The summed E-state index contributed by atoms with van der Waals surface area (Å²) in [6, 6.07) is 0. The number of carbonyl (C=O) groups is 2. The fraction of sp³-hybridized carbons (Fsp3) is 0.667. The van der Waals surface area contributed by atoms with E-state index in [2.05, 4.69) is 6.58 Å². The third-order valence-corrected chi connectivity index (χ3v) is 2.84. The van der Waals surface area contributed by atoms with Gasteiger partial charge in [-0.3, -0.25) is 9.59 Å². The van der Waals surface area contributed by atoms with E-state index in [1.165, 1.54) is 0 Å². The van der Waals surface area contributed by atoms with E-state index in [1.54, 1.807) is 19.9 Å². The Bertz CT molecular complexity index is 277. The lowest BCUT2D eigenvalue weighted by atomic mass is 10.0. The number of hydrogen-bond acceptors (Lipinski definition) is 4. The molecule has 16 heavy (non-hydrogen) atoms. The zero-order valence-corrected chi connectivity index (χ0v) is 9.82. The Morgan fingerprint density at radius 1 is 1.31 bits per heavy atom. The molecule has 0 amide bonds. The van der Waals surface area contributed by atoms with E-state index in [0.717, 1.165) is 0 Å². The lowest BCUT2D eigenvalue weighted by Gasteiger charge is -2.14. The Morgan fingerprint density at radius 2 is 1.81 bits per heavy atom. The van der Waals surface area contributed by atoms with E-state index in [0.29, 0.717) is 12.8 Å². The molecule has 1 rings (SSSR count). The van der Waals surface area contributed by atoms with Gasteiger partial charge < -0.3 is 9.47 Å². The van der Waals surface area contributed by atoms with Gasteiger partial charge in [0.25, 0.3) is 0 Å². The molecule has 4 heteroatoms. The van der Waals surface area contributed by atoms with Gasteiger partial charge in [0.05, 0.1) is 13.2 Å². The van der Waals surface area contributed by atoms with Crippen molar-refractivity contribution in [3.8, 4) is 0 Å². The van der Waals surface area contributed by atoms with Gasteiger partial charge in [0.1, 0.15) is 0 Å². The van der Waals surface area contributed by atoms with Crippen molar-refractivity contribution in [3.63, 3.8) is 0 Å². The Balaban J connectivity index is 2.76. The summed E-state index contributed by atoms with van der Waals surface area (Å²) < 4.78 is 9.88. The van der Waals surface area contributed by atoms with Crippen LogP contribution in [0.3, 0.4) is 0 Å². The zero-order chi connectivity index (χ0) is 12.2.